The first kappa shape index (κ1) is 19.2. The summed E-state index contributed by atoms with van der Waals surface area (Å²) < 4.78 is 18.6. The highest BCUT2D eigenvalue weighted by Gasteiger charge is 2.43. The number of halogens is 2. The van der Waals surface area contributed by atoms with Crippen LogP contribution >= 0.6 is 11.6 Å². The van der Waals surface area contributed by atoms with Crippen LogP contribution in [0.1, 0.15) is 22.8 Å². The van der Waals surface area contributed by atoms with Crippen LogP contribution in [0, 0.1) is 5.82 Å². The number of hydrogen-bond acceptors (Lipinski definition) is 5. The Balaban J connectivity index is 1.87. The molecule has 0 spiro atoms. The largest absolute Gasteiger partial charge is 0.394 e. The van der Waals surface area contributed by atoms with E-state index in [2.05, 4.69) is 0 Å². The van der Waals surface area contributed by atoms with Crippen molar-refractivity contribution in [3.8, 4) is 0 Å². The normalized spacial score (nSPS) is 28.9. The maximum absolute atomic E-state index is 13.1. The van der Waals surface area contributed by atoms with Crippen LogP contribution in [-0.2, 0) is 11.2 Å². The lowest BCUT2D eigenvalue weighted by Gasteiger charge is -2.40. The molecule has 3 unspecified atom stereocenters. The van der Waals surface area contributed by atoms with E-state index >= 15 is 0 Å². The summed E-state index contributed by atoms with van der Waals surface area (Å²) in [5.41, 5.74) is 2.16. The fraction of sp³-hybridized carbons (Fsp3) is 0.368. The number of aliphatic hydroxyl groups excluding tert-OH is 4. The van der Waals surface area contributed by atoms with Gasteiger partial charge in [0.15, 0.2) is 0 Å². The third-order valence-corrected chi connectivity index (χ3v) is 4.97. The standard InChI is InChI=1S/C19H20ClFO5/c20-14-6-3-11(8-12(14)7-10-1-4-13(21)5-2-10)19-18(25)17(24)16(23)15(9-22)26-19/h1-6,8,15-19,22-25H,7,9H2/t15?,16-,17?,18-,19?/m1/s1. The number of rotatable bonds is 4. The van der Waals surface area contributed by atoms with Crippen LogP contribution in [-0.4, -0.2) is 51.4 Å². The second-order valence-electron chi connectivity index (χ2n) is 6.40. The van der Waals surface area contributed by atoms with Gasteiger partial charge in [-0.1, -0.05) is 35.9 Å². The van der Waals surface area contributed by atoms with Crippen molar-refractivity contribution in [1.29, 1.82) is 0 Å². The average molecular weight is 383 g/mol. The Morgan fingerprint density at radius 1 is 0.962 bits per heavy atom. The Labute approximate surface area is 155 Å². The molecule has 1 aliphatic rings. The zero-order chi connectivity index (χ0) is 18.8. The van der Waals surface area contributed by atoms with Crippen molar-refractivity contribution in [2.24, 2.45) is 0 Å². The SMILES string of the molecule is OCC1OC(c2ccc(Cl)c(Cc3ccc(F)cc3)c2)[C@H](O)C(O)[C@@H]1O. The highest BCUT2D eigenvalue weighted by atomic mass is 35.5. The molecule has 0 aliphatic carbocycles. The molecule has 0 radical (unpaired) electrons. The molecule has 2 aromatic carbocycles. The van der Waals surface area contributed by atoms with E-state index < -0.39 is 37.1 Å². The molecule has 5 nitrogen and oxygen atoms in total. The first-order chi connectivity index (χ1) is 12.4. The van der Waals surface area contributed by atoms with Gasteiger partial charge in [-0.25, -0.2) is 4.39 Å². The fourth-order valence-corrected chi connectivity index (χ4v) is 3.29. The number of benzene rings is 2. The van der Waals surface area contributed by atoms with Crippen molar-refractivity contribution in [3.63, 3.8) is 0 Å². The monoisotopic (exact) mass is 382 g/mol. The first-order valence-electron chi connectivity index (χ1n) is 8.24. The van der Waals surface area contributed by atoms with Crippen LogP contribution in [0.25, 0.3) is 0 Å². The summed E-state index contributed by atoms with van der Waals surface area (Å²) in [6, 6.07) is 11.1. The van der Waals surface area contributed by atoms with Crippen molar-refractivity contribution in [1.82, 2.24) is 0 Å². The molecular weight excluding hydrogens is 363 g/mol. The third-order valence-electron chi connectivity index (χ3n) is 4.60. The van der Waals surface area contributed by atoms with Gasteiger partial charge in [0, 0.05) is 5.02 Å². The summed E-state index contributed by atoms with van der Waals surface area (Å²) >= 11 is 6.25. The number of ether oxygens (including phenoxy) is 1. The summed E-state index contributed by atoms with van der Waals surface area (Å²) in [5.74, 6) is -0.324. The first-order valence-corrected chi connectivity index (χ1v) is 8.61. The summed E-state index contributed by atoms with van der Waals surface area (Å²) in [6.07, 6.45) is -5.65. The van der Waals surface area contributed by atoms with Gasteiger partial charge in [0.05, 0.1) is 6.61 Å². The molecule has 1 saturated heterocycles. The van der Waals surface area contributed by atoms with E-state index in [4.69, 9.17) is 16.3 Å². The molecule has 140 valence electrons. The smallest absolute Gasteiger partial charge is 0.123 e. The molecule has 5 atom stereocenters. The van der Waals surface area contributed by atoms with Crippen molar-refractivity contribution in [3.05, 3.63) is 70.0 Å². The Hall–Kier alpha value is -1.54. The average Bonchev–Trinajstić information content (AvgIpc) is 2.64. The van der Waals surface area contributed by atoms with E-state index in [9.17, 15) is 24.8 Å². The zero-order valence-electron chi connectivity index (χ0n) is 13.8. The van der Waals surface area contributed by atoms with E-state index in [1.165, 1.54) is 12.1 Å². The maximum atomic E-state index is 13.1. The Bertz CT molecular complexity index is 752. The van der Waals surface area contributed by atoms with Crippen molar-refractivity contribution < 1.29 is 29.6 Å². The molecule has 4 N–H and O–H groups in total. The quantitative estimate of drug-likeness (QED) is 0.644. The molecule has 26 heavy (non-hydrogen) atoms. The molecule has 3 rings (SSSR count). The molecule has 1 heterocycles. The fourth-order valence-electron chi connectivity index (χ4n) is 3.11. The summed E-state index contributed by atoms with van der Waals surface area (Å²) in [4.78, 5) is 0. The number of hydrogen-bond donors (Lipinski definition) is 4. The van der Waals surface area contributed by atoms with Gasteiger partial charge in [0.2, 0.25) is 0 Å². The van der Waals surface area contributed by atoms with Gasteiger partial charge in [0.1, 0.15) is 36.3 Å². The van der Waals surface area contributed by atoms with Crippen LogP contribution in [0.15, 0.2) is 42.5 Å². The van der Waals surface area contributed by atoms with E-state index in [-0.39, 0.29) is 5.82 Å². The zero-order valence-corrected chi connectivity index (χ0v) is 14.6. The Morgan fingerprint density at radius 3 is 2.31 bits per heavy atom. The lowest BCUT2D eigenvalue weighted by atomic mass is 9.90. The van der Waals surface area contributed by atoms with Crippen LogP contribution < -0.4 is 0 Å². The van der Waals surface area contributed by atoms with Crippen molar-refractivity contribution >= 4 is 11.6 Å². The molecule has 0 saturated carbocycles. The van der Waals surface area contributed by atoms with Gasteiger partial charge >= 0.3 is 0 Å². The predicted molar refractivity (Wildman–Crippen MR) is 93.4 cm³/mol. The van der Waals surface area contributed by atoms with Crippen molar-refractivity contribution in [2.45, 2.75) is 36.9 Å². The number of aliphatic hydroxyl groups is 4. The summed E-state index contributed by atoms with van der Waals surface area (Å²) in [5, 5.41) is 39.9. The molecule has 2 aromatic rings. The molecule has 7 heteroatoms. The van der Waals surface area contributed by atoms with Crippen LogP contribution in [0.3, 0.4) is 0 Å². The summed E-state index contributed by atoms with van der Waals surface area (Å²) in [7, 11) is 0. The molecular formula is C19H20ClFO5. The second kappa shape index (κ2) is 8.00. The molecule has 0 bridgehead atoms. The molecule has 1 fully saturated rings. The van der Waals surface area contributed by atoms with Gasteiger partial charge in [-0.2, -0.15) is 0 Å². The second-order valence-corrected chi connectivity index (χ2v) is 6.81. The minimum absolute atomic E-state index is 0.324. The molecule has 1 aliphatic heterocycles. The lowest BCUT2D eigenvalue weighted by Crippen LogP contribution is -2.55. The van der Waals surface area contributed by atoms with Crippen molar-refractivity contribution in [2.75, 3.05) is 6.61 Å². The highest BCUT2D eigenvalue weighted by Crippen LogP contribution is 2.34. The van der Waals surface area contributed by atoms with E-state index in [0.717, 1.165) is 11.1 Å². The van der Waals surface area contributed by atoms with Gasteiger partial charge in [0.25, 0.3) is 0 Å². The highest BCUT2D eigenvalue weighted by molar-refractivity contribution is 6.31. The topological polar surface area (TPSA) is 90.2 Å². The van der Waals surface area contributed by atoms with Crippen LogP contribution in [0.2, 0.25) is 5.02 Å². The summed E-state index contributed by atoms with van der Waals surface area (Å²) in [6.45, 7) is -0.489. The lowest BCUT2D eigenvalue weighted by molar-refractivity contribution is -0.231. The van der Waals surface area contributed by atoms with E-state index in [0.29, 0.717) is 17.0 Å². The maximum Gasteiger partial charge on any atom is 0.123 e. The van der Waals surface area contributed by atoms with Gasteiger partial charge < -0.3 is 25.2 Å². The van der Waals surface area contributed by atoms with Crippen LogP contribution in [0.4, 0.5) is 4.39 Å². The Kier molecular flexibility index (Phi) is 5.92. The van der Waals surface area contributed by atoms with Gasteiger partial charge in [-0.15, -0.1) is 0 Å². The third kappa shape index (κ3) is 3.91. The molecule has 0 amide bonds. The van der Waals surface area contributed by atoms with Gasteiger partial charge in [-0.05, 0) is 41.3 Å². The Morgan fingerprint density at radius 2 is 1.65 bits per heavy atom. The minimum atomic E-state index is -1.44. The minimum Gasteiger partial charge on any atom is -0.394 e. The van der Waals surface area contributed by atoms with Gasteiger partial charge in [-0.3, -0.25) is 0 Å². The van der Waals surface area contributed by atoms with E-state index in [1.54, 1.807) is 30.3 Å². The van der Waals surface area contributed by atoms with Crippen LogP contribution in [0.5, 0.6) is 0 Å². The van der Waals surface area contributed by atoms with E-state index in [1.807, 2.05) is 0 Å². The molecule has 0 aromatic heterocycles. The predicted octanol–water partition coefficient (Wildman–Crippen LogP) is 1.58.